The average molecular weight is 391 g/mol. The molecule has 2 amide bonds. The van der Waals surface area contributed by atoms with Crippen LogP contribution in [0.5, 0.6) is 0 Å². The van der Waals surface area contributed by atoms with Crippen LogP contribution in [0.15, 0.2) is 21.1 Å². The number of rotatable bonds is 0. The van der Waals surface area contributed by atoms with E-state index in [2.05, 4.69) is 31.9 Å². The zero-order chi connectivity index (χ0) is 14.4. The summed E-state index contributed by atoms with van der Waals surface area (Å²) in [6.45, 7) is 5.30. The van der Waals surface area contributed by atoms with Gasteiger partial charge >= 0.3 is 6.09 Å². The zero-order valence-corrected chi connectivity index (χ0v) is 14.0. The largest absolute Gasteiger partial charge is 0.443 e. The van der Waals surface area contributed by atoms with Crippen molar-refractivity contribution < 1.29 is 14.3 Å². The van der Waals surface area contributed by atoms with Crippen molar-refractivity contribution in [1.82, 2.24) is 0 Å². The topological polar surface area (TPSA) is 46.6 Å². The van der Waals surface area contributed by atoms with Gasteiger partial charge in [0.25, 0.3) is 0 Å². The summed E-state index contributed by atoms with van der Waals surface area (Å²) in [7, 11) is 0. The minimum absolute atomic E-state index is 0.197. The molecule has 4 nitrogen and oxygen atoms in total. The van der Waals surface area contributed by atoms with Gasteiger partial charge in [0.2, 0.25) is 5.91 Å². The number of carbonyl (C=O) groups is 2. The maximum absolute atomic E-state index is 12.1. The van der Waals surface area contributed by atoms with Crippen LogP contribution < -0.4 is 4.90 Å². The smallest absolute Gasteiger partial charge is 0.421 e. The molecule has 0 unspecified atom stereocenters. The number of halogens is 2. The highest BCUT2D eigenvalue weighted by Gasteiger charge is 2.36. The van der Waals surface area contributed by atoms with Crippen LogP contribution in [0.1, 0.15) is 26.3 Å². The van der Waals surface area contributed by atoms with E-state index in [1.807, 2.05) is 6.07 Å². The van der Waals surface area contributed by atoms with Gasteiger partial charge in [-0.1, -0.05) is 31.9 Å². The lowest BCUT2D eigenvalue weighted by molar-refractivity contribution is -0.117. The fourth-order valence-electron chi connectivity index (χ4n) is 1.84. The molecule has 19 heavy (non-hydrogen) atoms. The SMILES string of the molecule is CC(C)(C)OC(=O)N1C(=O)Cc2c(Br)cc(Br)cc21. The summed E-state index contributed by atoms with van der Waals surface area (Å²) in [6, 6.07) is 3.60. The number of benzene rings is 1. The molecule has 102 valence electrons. The van der Waals surface area contributed by atoms with Crippen LogP contribution in [0.25, 0.3) is 0 Å². The fraction of sp³-hybridized carbons (Fsp3) is 0.385. The Labute approximate surface area is 128 Å². The monoisotopic (exact) mass is 389 g/mol. The summed E-state index contributed by atoms with van der Waals surface area (Å²) in [5.41, 5.74) is 0.739. The summed E-state index contributed by atoms with van der Waals surface area (Å²) < 4.78 is 6.86. The van der Waals surface area contributed by atoms with Gasteiger partial charge in [0.15, 0.2) is 0 Å². The van der Waals surface area contributed by atoms with Gasteiger partial charge in [-0.05, 0) is 32.9 Å². The maximum Gasteiger partial charge on any atom is 0.421 e. The fourth-order valence-corrected chi connectivity index (χ4v) is 3.18. The Kier molecular flexibility index (Phi) is 3.75. The first-order valence-electron chi connectivity index (χ1n) is 5.73. The van der Waals surface area contributed by atoms with Gasteiger partial charge < -0.3 is 4.74 Å². The highest BCUT2D eigenvalue weighted by molar-refractivity contribution is 9.11. The quantitative estimate of drug-likeness (QED) is 0.671. The molecule has 0 aliphatic carbocycles. The number of imide groups is 1. The predicted octanol–water partition coefficient (Wildman–Crippen LogP) is 4.04. The second-order valence-electron chi connectivity index (χ2n) is 5.27. The van der Waals surface area contributed by atoms with Gasteiger partial charge in [-0.25, -0.2) is 9.69 Å². The van der Waals surface area contributed by atoms with E-state index in [1.165, 1.54) is 0 Å². The Bertz CT molecular complexity index is 564. The van der Waals surface area contributed by atoms with Crippen molar-refractivity contribution >= 4 is 49.5 Å². The van der Waals surface area contributed by atoms with Crippen molar-refractivity contribution in [3.05, 3.63) is 26.6 Å². The van der Waals surface area contributed by atoms with Crippen LogP contribution in [0, 0.1) is 0 Å². The third-order valence-electron chi connectivity index (χ3n) is 2.53. The van der Waals surface area contributed by atoms with Crippen LogP contribution >= 0.6 is 31.9 Å². The first-order valence-corrected chi connectivity index (χ1v) is 7.31. The predicted molar refractivity (Wildman–Crippen MR) is 79.3 cm³/mol. The van der Waals surface area contributed by atoms with Crippen LogP contribution in [0.3, 0.4) is 0 Å². The van der Waals surface area contributed by atoms with E-state index in [1.54, 1.807) is 26.8 Å². The molecule has 0 spiro atoms. The van der Waals surface area contributed by atoms with Crippen molar-refractivity contribution in [3.8, 4) is 0 Å². The van der Waals surface area contributed by atoms with Crippen LogP contribution in [-0.2, 0) is 16.0 Å². The van der Waals surface area contributed by atoms with Gasteiger partial charge in [0.1, 0.15) is 5.60 Å². The van der Waals surface area contributed by atoms with E-state index in [9.17, 15) is 9.59 Å². The minimum Gasteiger partial charge on any atom is -0.443 e. The van der Waals surface area contributed by atoms with Crippen molar-refractivity contribution in [2.75, 3.05) is 4.90 Å². The standard InChI is InChI=1S/C13H13Br2NO3/c1-13(2,3)19-12(18)16-10-5-7(14)4-9(15)8(10)6-11(16)17/h4-5H,6H2,1-3H3. The second kappa shape index (κ2) is 4.90. The molecule has 0 bridgehead atoms. The Balaban J connectivity index is 2.40. The van der Waals surface area contributed by atoms with Crippen LogP contribution in [0.4, 0.5) is 10.5 Å². The summed E-state index contributed by atoms with van der Waals surface area (Å²) >= 11 is 6.76. The number of anilines is 1. The molecule has 2 rings (SSSR count). The lowest BCUT2D eigenvalue weighted by atomic mass is 10.2. The maximum atomic E-state index is 12.1. The molecule has 0 fully saturated rings. The molecule has 6 heteroatoms. The number of hydrogen-bond donors (Lipinski definition) is 0. The van der Waals surface area contributed by atoms with Gasteiger partial charge in [-0.2, -0.15) is 0 Å². The van der Waals surface area contributed by atoms with Gasteiger partial charge in [-0.3, -0.25) is 4.79 Å². The van der Waals surface area contributed by atoms with Crippen LogP contribution in [0.2, 0.25) is 0 Å². The first-order chi connectivity index (χ1) is 8.69. The van der Waals surface area contributed by atoms with Crippen molar-refractivity contribution in [2.45, 2.75) is 32.8 Å². The molecule has 0 radical (unpaired) electrons. The summed E-state index contributed by atoms with van der Waals surface area (Å²) in [5, 5.41) is 0. The minimum atomic E-state index is -0.638. The van der Waals surface area contributed by atoms with Crippen molar-refractivity contribution in [3.63, 3.8) is 0 Å². The Morgan fingerprint density at radius 2 is 1.95 bits per heavy atom. The van der Waals surface area contributed by atoms with Gasteiger partial charge in [0, 0.05) is 14.5 Å². The van der Waals surface area contributed by atoms with E-state index < -0.39 is 11.7 Å². The van der Waals surface area contributed by atoms with Gasteiger partial charge in [-0.15, -0.1) is 0 Å². The Morgan fingerprint density at radius 1 is 1.32 bits per heavy atom. The first kappa shape index (κ1) is 14.5. The van der Waals surface area contributed by atoms with Crippen molar-refractivity contribution in [2.24, 2.45) is 0 Å². The molecule has 1 aromatic carbocycles. The number of nitrogens with zero attached hydrogens (tertiary/aromatic N) is 1. The Hall–Kier alpha value is -0.880. The van der Waals surface area contributed by atoms with Gasteiger partial charge in [0.05, 0.1) is 12.1 Å². The number of hydrogen-bond acceptors (Lipinski definition) is 3. The molecule has 1 aromatic rings. The summed E-state index contributed by atoms with van der Waals surface area (Å²) in [4.78, 5) is 25.2. The Morgan fingerprint density at radius 3 is 2.53 bits per heavy atom. The van der Waals surface area contributed by atoms with Crippen LogP contribution in [-0.4, -0.2) is 17.6 Å². The molecule has 1 heterocycles. The normalized spacial score (nSPS) is 14.6. The zero-order valence-electron chi connectivity index (χ0n) is 10.8. The number of ether oxygens (including phenoxy) is 1. The molecule has 1 aliphatic heterocycles. The highest BCUT2D eigenvalue weighted by atomic mass is 79.9. The molecule has 0 atom stereocenters. The molecule has 0 aromatic heterocycles. The lowest BCUT2D eigenvalue weighted by Gasteiger charge is -2.23. The second-order valence-corrected chi connectivity index (χ2v) is 7.04. The lowest BCUT2D eigenvalue weighted by Crippen LogP contribution is -2.38. The van der Waals surface area contributed by atoms with E-state index in [0.29, 0.717) is 5.69 Å². The summed E-state index contributed by atoms with van der Waals surface area (Å²) in [6.07, 6.45) is -0.441. The molecule has 0 saturated carbocycles. The third-order valence-corrected chi connectivity index (χ3v) is 3.70. The molecular weight excluding hydrogens is 378 g/mol. The number of amides is 2. The number of fused-ring (bicyclic) bond motifs is 1. The van der Waals surface area contributed by atoms with E-state index in [-0.39, 0.29) is 12.3 Å². The van der Waals surface area contributed by atoms with E-state index in [4.69, 9.17) is 4.74 Å². The highest BCUT2D eigenvalue weighted by Crippen LogP contribution is 2.38. The molecular formula is C13H13Br2NO3. The average Bonchev–Trinajstić information content (AvgIpc) is 2.52. The van der Waals surface area contributed by atoms with Crippen molar-refractivity contribution in [1.29, 1.82) is 0 Å². The third kappa shape index (κ3) is 3.00. The summed E-state index contributed by atoms with van der Waals surface area (Å²) in [5.74, 6) is -0.275. The van der Waals surface area contributed by atoms with E-state index in [0.717, 1.165) is 19.4 Å². The molecule has 0 saturated heterocycles. The molecule has 1 aliphatic rings. The van der Waals surface area contributed by atoms with E-state index >= 15 is 0 Å². The molecule has 0 N–H and O–H groups in total. The number of carbonyl (C=O) groups excluding carboxylic acids is 2.